The molecule has 102 valence electrons. The normalized spacial score (nSPS) is 29.8. The van der Waals surface area contributed by atoms with Crippen LogP contribution in [0.5, 0.6) is 0 Å². The van der Waals surface area contributed by atoms with Crippen molar-refractivity contribution in [2.75, 3.05) is 26.2 Å². The fourth-order valence-electron chi connectivity index (χ4n) is 3.25. The first kappa shape index (κ1) is 14.9. The zero-order valence-corrected chi connectivity index (χ0v) is 11.6. The molecular formula is C14H30N2O. The van der Waals surface area contributed by atoms with E-state index in [2.05, 4.69) is 18.7 Å². The molecule has 0 aromatic heterocycles. The molecule has 3 atom stereocenters. The van der Waals surface area contributed by atoms with Crippen LogP contribution in [0.4, 0.5) is 0 Å². The quantitative estimate of drug-likeness (QED) is 0.716. The van der Waals surface area contributed by atoms with Gasteiger partial charge in [0.2, 0.25) is 0 Å². The molecule has 0 amide bonds. The monoisotopic (exact) mass is 242 g/mol. The zero-order valence-electron chi connectivity index (χ0n) is 11.6. The molecule has 0 saturated heterocycles. The van der Waals surface area contributed by atoms with Crippen molar-refractivity contribution in [3.05, 3.63) is 0 Å². The Balaban J connectivity index is 2.64. The highest BCUT2D eigenvalue weighted by Crippen LogP contribution is 2.33. The van der Waals surface area contributed by atoms with E-state index in [0.29, 0.717) is 12.0 Å². The van der Waals surface area contributed by atoms with E-state index in [4.69, 9.17) is 5.73 Å². The van der Waals surface area contributed by atoms with E-state index in [9.17, 15) is 5.11 Å². The largest absolute Gasteiger partial charge is 0.395 e. The maximum atomic E-state index is 9.20. The Kier molecular flexibility index (Phi) is 7.09. The summed E-state index contributed by atoms with van der Waals surface area (Å²) in [4.78, 5) is 2.47. The van der Waals surface area contributed by atoms with Gasteiger partial charge < -0.3 is 10.8 Å². The molecule has 3 heteroatoms. The number of aliphatic hydroxyl groups is 1. The Bertz CT molecular complexity index is 193. The molecule has 17 heavy (non-hydrogen) atoms. The molecule has 0 aromatic carbocycles. The number of hydrogen-bond donors (Lipinski definition) is 2. The summed E-state index contributed by atoms with van der Waals surface area (Å²) in [6, 6.07) is 0.603. The van der Waals surface area contributed by atoms with Gasteiger partial charge in [-0.3, -0.25) is 4.90 Å². The van der Waals surface area contributed by atoms with Crippen molar-refractivity contribution in [1.29, 1.82) is 0 Å². The highest BCUT2D eigenvalue weighted by atomic mass is 16.3. The van der Waals surface area contributed by atoms with Crippen LogP contribution in [0.2, 0.25) is 0 Å². The smallest absolute Gasteiger partial charge is 0.0558 e. The van der Waals surface area contributed by atoms with Crippen molar-refractivity contribution in [3.63, 3.8) is 0 Å². The first-order valence-corrected chi connectivity index (χ1v) is 7.31. The van der Waals surface area contributed by atoms with E-state index in [1.54, 1.807) is 0 Å². The molecule has 3 nitrogen and oxygen atoms in total. The molecule has 1 aliphatic carbocycles. The summed E-state index contributed by atoms with van der Waals surface area (Å²) in [5.74, 6) is 1.50. The van der Waals surface area contributed by atoms with E-state index in [0.717, 1.165) is 32.0 Å². The predicted octanol–water partition coefficient (Wildman–Crippen LogP) is 1.84. The second kappa shape index (κ2) is 8.06. The van der Waals surface area contributed by atoms with Gasteiger partial charge in [-0.05, 0) is 44.2 Å². The molecule has 0 aromatic rings. The Labute approximate surface area is 106 Å². The van der Waals surface area contributed by atoms with Crippen molar-refractivity contribution in [2.45, 2.75) is 52.0 Å². The van der Waals surface area contributed by atoms with Gasteiger partial charge in [-0.15, -0.1) is 0 Å². The highest BCUT2D eigenvalue weighted by Gasteiger charge is 2.32. The Hall–Kier alpha value is -0.120. The number of rotatable bonds is 7. The van der Waals surface area contributed by atoms with Gasteiger partial charge >= 0.3 is 0 Å². The molecular weight excluding hydrogens is 212 g/mol. The zero-order chi connectivity index (χ0) is 12.7. The average Bonchev–Trinajstić information content (AvgIpc) is 2.37. The molecule has 3 N–H and O–H groups in total. The van der Waals surface area contributed by atoms with E-state index >= 15 is 0 Å². The molecule has 3 unspecified atom stereocenters. The summed E-state index contributed by atoms with van der Waals surface area (Å²) >= 11 is 0. The maximum absolute atomic E-state index is 9.20. The predicted molar refractivity (Wildman–Crippen MR) is 72.9 cm³/mol. The molecule has 0 aliphatic heterocycles. The van der Waals surface area contributed by atoms with E-state index < -0.39 is 0 Å². The van der Waals surface area contributed by atoms with Gasteiger partial charge in [0.1, 0.15) is 0 Å². The molecule has 0 spiro atoms. The first-order chi connectivity index (χ1) is 8.26. The summed E-state index contributed by atoms with van der Waals surface area (Å²) in [5, 5.41) is 9.20. The molecule has 1 fully saturated rings. The van der Waals surface area contributed by atoms with Crippen LogP contribution in [0, 0.1) is 11.8 Å². The van der Waals surface area contributed by atoms with Crippen molar-refractivity contribution < 1.29 is 5.11 Å². The van der Waals surface area contributed by atoms with Crippen LogP contribution < -0.4 is 5.73 Å². The third-order valence-corrected chi connectivity index (χ3v) is 4.31. The van der Waals surface area contributed by atoms with Gasteiger partial charge in [0.15, 0.2) is 0 Å². The second-order valence-corrected chi connectivity index (χ2v) is 5.41. The van der Waals surface area contributed by atoms with Gasteiger partial charge in [0.05, 0.1) is 6.61 Å². The van der Waals surface area contributed by atoms with Crippen LogP contribution in [0.3, 0.4) is 0 Å². The van der Waals surface area contributed by atoms with Gasteiger partial charge in [-0.1, -0.05) is 26.7 Å². The molecule has 0 bridgehead atoms. The topological polar surface area (TPSA) is 49.5 Å². The summed E-state index contributed by atoms with van der Waals surface area (Å²) in [6.45, 7) is 7.48. The Morgan fingerprint density at radius 3 is 2.53 bits per heavy atom. The van der Waals surface area contributed by atoms with Crippen LogP contribution in [0.1, 0.15) is 46.0 Å². The third-order valence-electron chi connectivity index (χ3n) is 4.31. The van der Waals surface area contributed by atoms with Crippen molar-refractivity contribution in [1.82, 2.24) is 4.90 Å². The van der Waals surface area contributed by atoms with Crippen molar-refractivity contribution >= 4 is 0 Å². The van der Waals surface area contributed by atoms with Gasteiger partial charge in [0, 0.05) is 12.6 Å². The standard InChI is InChI=1S/C14H30N2O/c1-3-7-16(8-9-17)14-10-12(4-2)5-6-13(14)11-15/h12-14,17H,3-11,15H2,1-2H3. The number of nitrogens with two attached hydrogens (primary N) is 1. The minimum atomic E-state index is 0.268. The van der Waals surface area contributed by atoms with E-state index in [1.807, 2.05) is 0 Å². The molecule has 0 radical (unpaired) electrons. The summed E-state index contributed by atoms with van der Waals surface area (Å²) in [7, 11) is 0. The van der Waals surface area contributed by atoms with Crippen LogP contribution in [0.25, 0.3) is 0 Å². The van der Waals surface area contributed by atoms with Crippen molar-refractivity contribution in [3.8, 4) is 0 Å². The molecule has 1 saturated carbocycles. The average molecular weight is 242 g/mol. The van der Waals surface area contributed by atoms with E-state index in [-0.39, 0.29) is 6.61 Å². The molecule has 1 rings (SSSR count). The maximum Gasteiger partial charge on any atom is 0.0558 e. The highest BCUT2D eigenvalue weighted by molar-refractivity contribution is 4.87. The van der Waals surface area contributed by atoms with Crippen LogP contribution in [0.15, 0.2) is 0 Å². The number of hydrogen-bond acceptors (Lipinski definition) is 3. The Morgan fingerprint density at radius 2 is 2.00 bits per heavy atom. The van der Waals surface area contributed by atoms with Gasteiger partial charge in [0.25, 0.3) is 0 Å². The van der Waals surface area contributed by atoms with Gasteiger partial charge in [-0.2, -0.15) is 0 Å². The Morgan fingerprint density at radius 1 is 1.24 bits per heavy atom. The second-order valence-electron chi connectivity index (χ2n) is 5.41. The number of aliphatic hydroxyl groups excluding tert-OH is 1. The lowest BCUT2D eigenvalue weighted by Crippen LogP contribution is -2.48. The molecule has 1 aliphatic rings. The van der Waals surface area contributed by atoms with Crippen molar-refractivity contribution in [2.24, 2.45) is 17.6 Å². The van der Waals surface area contributed by atoms with Crippen LogP contribution in [-0.4, -0.2) is 42.3 Å². The lowest BCUT2D eigenvalue weighted by Gasteiger charge is -2.42. The first-order valence-electron chi connectivity index (χ1n) is 7.31. The summed E-state index contributed by atoms with van der Waals surface area (Å²) in [5.41, 5.74) is 5.92. The minimum Gasteiger partial charge on any atom is -0.395 e. The lowest BCUT2D eigenvalue weighted by molar-refractivity contribution is 0.0652. The van der Waals surface area contributed by atoms with Crippen LogP contribution in [-0.2, 0) is 0 Å². The lowest BCUT2D eigenvalue weighted by atomic mass is 9.76. The number of nitrogens with zero attached hydrogens (tertiary/aromatic N) is 1. The SMILES string of the molecule is CCCN(CCO)C1CC(CC)CCC1CN. The van der Waals surface area contributed by atoms with Gasteiger partial charge in [-0.25, -0.2) is 0 Å². The molecule has 0 heterocycles. The third kappa shape index (κ3) is 4.23. The fourth-order valence-corrected chi connectivity index (χ4v) is 3.25. The fraction of sp³-hybridized carbons (Fsp3) is 1.00. The minimum absolute atomic E-state index is 0.268. The van der Waals surface area contributed by atoms with Crippen LogP contribution >= 0.6 is 0 Å². The summed E-state index contributed by atoms with van der Waals surface area (Å²) < 4.78 is 0. The summed E-state index contributed by atoms with van der Waals surface area (Å²) in [6.07, 6.45) is 6.33. The van der Waals surface area contributed by atoms with E-state index in [1.165, 1.54) is 25.7 Å².